The van der Waals surface area contributed by atoms with Crippen LogP contribution < -0.4 is 4.74 Å². The fourth-order valence-corrected chi connectivity index (χ4v) is 2.16. The second-order valence-corrected chi connectivity index (χ2v) is 4.25. The van der Waals surface area contributed by atoms with Crippen molar-refractivity contribution >= 4 is 0 Å². The zero-order valence-corrected chi connectivity index (χ0v) is 9.60. The first-order valence-corrected chi connectivity index (χ1v) is 5.78. The molecule has 0 saturated heterocycles. The van der Waals surface area contributed by atoms with Crippen LogP contribution in [-0.4, -0.2) is 21.6 Å². The number of hydrogen-bond acceptors (Lipinski definition) is 3. The second kappa shape index (κ2) is 3.89. The lowest BCUT2D eigenvalue weighted by Crippen LogP contribution is -2.13. The highest BCUT2D eigenvalue weighted by Gasteiger charge is 2.20. The van der Waals surface area contributed by atoms with Gasteiger partial charge in [-0.25, -0.2) is 0 Å². The van der Waals surface area contributed by atoms with Crippen molar-refractivity contribution in [3.63, 3.8) is 0 Å². The fraction of sp³-hybridized carbons (Fsp3) is 0.308. The average Bonchev–Trinajstić information content (AvgIpc) is 2.88. The summed E-state index contributed by atoms with van der Waals surface area (Å²) < 4.78 is 5.39. The Balaban J connectivity index is 1.91. The molecule has 2 N–H and O–H groups in total. The molecule has 1 unspecified atom stereocenters. The third kappa shape index (κ3) is 1.70. The maximum atomic E-state index is 9.46. The van der Waals surface area contributed by atoms with E-state index in [2.05, 4.69) is 10.2 Å². The zero-order valence-electron chi connectivity index (χ0n) is 9.60. The summed E-state index contributed by atoms with van der Waals surface area (Å²) in [7, 11) is 0. The lowest BCUT2D eigenvalue weighted by atomic mass is 10.1. The molecule has 1 aromatic heterocycles. The normalized spacial score (nSPS) is 14.2. The third-order valence-corrected chi connectivity index (χ3v) is 3.07. The molecule has 0 amide bonds. The van der Waals surface area contributed by atoms with E-state index < -0.39 is 6.29 Å². The zero-order chi connectivity index (χ0) is 11.8. The number of nitrogens with one attached hydrogen (secondary N) is 1. The molecule has 0 fully saturated rings. The summed E-state index contributed by atoms with van der Waals surface area (Å²) in [5, 5.41) is 16.5. The van der Waals surface area contributed by atoms with Crippen LogP contribution in [0.25, 0.3) is 11.3 Å². The van der Waals surface area contributed by atoms with E-state index in [4.69, 9.17) is 4.74 Å². The van der Waals surface area contributed by atoms with Gasteiger partial charge in [0.25, 0.3) is 0 Å². The summed E-state index contributed by atoms with van der Waals surface area (Å²) >= 11 is 0. The third-order valence-electron chi connectivity index (χ3n) is 3.07. The Morgan fingerprint density at radius 3 is 3.18 bits per heavy atom. The van der Waals surface area contributed by atoms with Gasteiger partial charge in [0.15, 0.2) is 6.29 Å². The summed E-state index contributed by atoms with van der Waals surface area (Å²) in [6.45, 7) is 1.88. The van der Waals surface area contributed by atoms with Crippen LogP contribution in [-0.2, 0) is 6.42 Å². The number of aliphatic hydroxyl groups excluding tert-OH is 1. The summed E-state index contributed by atoms with van der Waals surface area (Å²) in [4.78, 5) is 0. The minimum Gasteiger partial charge on any atom is -0.465 e. The maximum absolute atomic E-state index is 9.46. The molecule has 1 aliphatic rings. The van der Waals surface area contributed by atoms with Gasteiger partial charge in [0.2, 0.25) is 0 Å². The van der Waals surface area contributed by atoms with E-state index in [9.17, 15) is 5.11 Å². The fourth-order valence-electron chi connectivity index (χ4n) is 2.16. The maximum Gasteiger partial charge on any atom is 0.197 e. The SMILES string of the molecule is CCC(O)Oc1ccc2c(c1)Cc1cn[nH]c1-2. The lowest BCUT2D eigenvalue weighted by Gasteiger charge is -2.12. The van der Waals surface area contributed by atoms with Crippen molar-refractivity contribution < 1.29 is 9.84 Å². The predicted octanol–water partition coefficient (Wildman–Crippen LogP) is 2.09. The molecule has 0 bridgehead atoms. The number of rotatable bonds is 3. The van der Waals surface area contributed by atoms with Crippen LogP contribution in [0.2, 0.25) is 0 Å². The van der Waals surface area contributed by atoms with Crippen molar-refractivity contribution in [3.8, 4) is 17.0 Å². The van der Waals surface area contributed by atoms with E-state index in [0.29, 0.717) is 6.42 Å². The number of fused-ring (bicyclic) bond motifs is 3. The van der Waals surface area contributed by atoms with Crippen molar-refractivity contribution in [2.75, 3.05) is 0 Å². The van der Waals surface area contributed by atoms with Crippen LogP contribution >= 0.6 is 0 Å². The Morgan fingerprint density at radius 1 is 1.47 bits per heavy atom. The molecular formula is C13H14N2O2. The average molecular weight is 230 g/mol. The summed E-state index contributed by atoms with van der Waals surface area (Å²) in [6.07, 6.45) is 2.59. The van der Waals surface area contributed by atoms with Gasteiger partial charge in [-0.15, -0.1) is 0 Å². The van der Waals surface area contributed by atoms with Crippen molar-refractivity contribution in [1.29, 1.82) is 0 Å². The minimum absolute atomic E-state index is 0.583. The first-order chi connectivity index (χ1) is 8.28. The van der Waals surface area contributed by atoms with Crippen LogP contribution in [0.5, 0.6) is 5.75 Å². The van der Waals surface area contributed by atoms with Crippen LogP contribution in [0.3, 0.4) is 0 Å². The molecule has 1 aromatic carbocycles. The van der Waals surface area contributed by atoms with Gasteiger partial charge in [-0.2, -0.15) is 5.10 Å². The molecule has 88 valence electrons. The number of aliphatic hydroxyl groups is 1. The summed E-state index contributed by atoms with van der Waals surface area (Å²) in [6, 6.07) is 5.88. The molecule has 1 heterocycles. The van der Waals surface area contributed by atoms with E-state index in [1.807, 2.05) is 31.3 Å². The number of hydrogen-bond donors (Lipinski definition) is 2. The van der Waals surface area contributed by atoms with E-state index >= 15 is 0 Å². The predicted molar refractivity (Wildman–Crippen MR) is 63.8 cm³/mol. The molecule has 2 aromatic rings. The number of H-pyrrole nitrogens is 1. The molecule has 0 saturated carbocycles. The highest BCUT2D eigenvalue weighted by Crippen LogP contribution is 2.36. The molecule has 1 atom stereocenters. The molecule has 1 aliphatic carbocycles. The van der Waals surface area contributed by atoms with Gasteiger partial charge in [-0.3, -0.25) is 5.10 Å². The molecule has 3 rings (SSSR count). The van der Waals surface area contributed by atoms with E-state index in [1.54, 1.807) is 0 Å². The largest absolute Gasteiger partial charge is 0.465 e. The Labute approximate surface area is 99.2 Å². The smallest absolute Gasteiger partial charge is 0.197 e. The minimum atomic E-state index is -0.728. The van der Waals surface area contributed by atoms with Gasteiger partial charge < -0.3 is 9.84 Å². The number of aromatic nitrogens is 2. The highest BCUT2D eigenvalue weighted by atomic mass is 16.6. The van der Waals surface area contributed by atoms with E-state index in [0.717, 1.165) is 17.9 Å². The Kier molecular flexibility index (Phi) is 2.37. The molecule has 0 radical (unpaired) electrons. The van der Waals surface area contributed by atoms with Crippen molar-refractivity contribution in [2.24, 2.45) is 0 Å². The number of nitrogens with zero attached hydrogens (tertiary/aromatic N) is 1. The highest BCUT2D eigenvalue weighted by molar-refractivity contribution is 5.73. The quantitative estimate of drug-likeness (QED) is 0.677. The second-order valence-electron chi connectivity index (χ2n) is 4.25. The van der Waals surface area contributed by atoms with Crippen LogP contribution in [0.15, 0.2) is 24.4 Å². The van der Waals surface area contributed by atoms with Crippen molar-refractivity contribution in [1.82, 2.24) is 10.2 Å². The Morgan fingerprint density at radius 2 is 2.35 bits per heavy atom. The first-order valence-electron chi connectivity index (χ1n) is 5.78. The van der Waals surface area contributed by atoms with Gasteiger partial charge >= 0.3 is 0 Å². The van der Waals surface area contributed by atoms with Crippen molar-refractivity contribution in [2.45, 2.75) is 26.1 Å². The number of aromatic amines is 1. The van der Waals surface area contributed by atoms with E-state index in [1.165, 1.54) is 16.7 Å². The van der Waals surface area contributed by atoms with E-state index in [-0.39, 0.29) is 0 Å². The van der Waals surface area contributed by atoms with Gasteiger partial charge in [-0.05, 0) is 23.8 Å². The molecule has 4 nitrogen and oxygen atoms in total. The van der Waals surface area contributed by atoms with Crippen LogP contribution in [0, 0.1) is 0 Å². The molecular weight excluding hydrogens is 216 g/mol. The standard InChI is InChI=1S/C13H14N2O2/c1-2-12(16)17-10-3-4-11-8(6-10)5-9-7-14-15-13(9)11/h3-4,6-7,12,16H,2,5H2,1H3,(H,14,15). The monoisotopic (exact) mass is 230 g/mol. The van der Waals surface area contributed by atoms with Crippen LogP contribution in [0.1, 0.15) is 24.5 Å². The van der Waals surface area contributed by atoms with Crippen molar-refractivity contribution in [3.05, 3.63) is 35.5 Å². The molecule has 4 heteroatoms. The molecule has 0 aliphatic heterocycles. The van der Waals surface area contributed by atoms with Gasteiger partial charge in [-0.1, -0.05) is 6.92 Å². The van der Waals surface area contributed by atoms with Crippen LogP contribution in [0.4, 0.5) is 0 Å². The first kappa shape index (κ1) is 10.4. The number of ether oxygens (including phenoxy) is 1. The summed E-state index contributed by atoms with van der Waals surface area (Å²) in [5.74, 6) is 0.719. The molecule has 17 heavy (non-hydrogen) atoms. The van der Waals surface area contributed by atoms with Gasteiger partial charge in [0, 0.05) is 24.0 Å². The molecule has 0 spiro atoms. The Bertz CT molecular complexity index is 548. The lowest BCUT2D eigenvalue weighted by molar-refractivity contribution is -0.0191. The Hall–Kier alpha value is -1.81. The number of benzene rings is 1. The topological polar surface area (TPSA) is 58.1 Å². The van der Waals surface area contributed by atoms with Gasteiger partial charge in [0.1, 0.15) is 5.75 Å². The van der Waals surface area contributed by atoms with Gasteiger partial charge in [0.05, 0.1) is 11.9 Å². The summed E-state index contributed by atoms with van der Waals surface area (Å²) in [5.41, 5.74) is 4.71.